The lowest BCUT2D eigenvalue weighted by Crippen LogP contribution is -2.69. The monoisotopic (exact) mass is 692 g/mol. The summed E-state index contributed by atoms with van der Waals surface area (Å²) >= 11 is 11.7. The number of aliphatic carboxylic acids is 2. The number of nitrogens with two attached hydrogens (primary N) is 2. The highest BCUT2D eigenvalue weighted by molar-refractivity contribution is 6.41. The maximum Gasteiger partial charge on any atom is 0.451 e. The Morgan fingerprint density at radius 3 is 1.79 bits per heavy atom. The van der Waals surface area contributed by atoms with Crippen LogP contribution in [0.25, 0.3) is 0 Å². The van der Waals surface area contributed by atoms with E-state index < -0.39 is 42.9 Å². The Balaban J connectivity index is 0.000000256. The van der Waals surface area contributed by atoms with Gasteiger partial charge in [0.15, 0.2) is 0 Å². The van der Waals surface area contributed by atoms with Gasteiger partial charge in [0.1, 0.15) is 11.1 Å². The van der Waals surface area contributed by atoms with Crippen LogP contribution in [0.15, 0.2) is 60.2 Å². The third kappa shape index (κ3) is 10.5. The highest BCUT2D eigenvalue weighted by Crippen LogP contribution is 2.43. The van der Waals surface area contributed by atoms with E-state index in [2.05, 4.69) is 0 Å². The molecule has 11 nitrogen and oxygen atoms in total. The van der Waals surface area contributed by atoms with Crippen molar-refractivity contribution < 1.29 is 45.0 Å². The number of benzene rings is 2. The van der Waals surface area contributed by atoms with E-state index in [1.165, 1.54) is 0 Å². The van der Waals surface area contributed by atoms with Crippen LogP contribution >= 0.6 is 23.2 Å². The zero-order valence-electron chi connectivity index (χ0n) is 26.1. The average Bonchev–Trinajstić information content (AvgIpc) is 3.00. The van der Waals surface area contributed by atoms with Crippen LogP contribution in [0.5, 0.6) is 0 Å². The van der Waals surface area contributed by atoms with Crippen LogP contribution in [0.3, 0.4) is 0 Å². The number of hydrogen-bond donors (Lipinski definition) is 9. The first kappa shape index (κ1) is 39.0. The van der Waals surface area contributed by atoms with Crippen molar-refractivity contribution >= 4 is 49.4 Å². The van der Waals surface area contributed by atoms with E-state index in [4.69, 9.17) is 54.8 Å². The summed E-state index contributed by atoms with van der Waals surface area (Å²) in [6, 6.07) is 14.1. The van der Waals surface area contributed by atoms with Gasteiger partial charge in [-0.2, -0.15) is 0 Å². The van der Waals surface area contributed by atoms with Gasteiger partial charge in [0, 0.05) is 16.5 Å². The normalized spacial score (nSPS) is 27.2. The molecule has 0 aliphatic heterocycles. The lowest BCUT2D eigenvalue weighted by atomic mass is 9.62. The number of aliphatic hydroxyl groups is 1. The second-order valence-electron chi connectivity index (χ2n) is 13.0. The number of hydrogen-bond acceptors (Lipinski definition) is 9. The second-order valence-corrected chi connectivity index (χ2v) is 13.8. The van der Waals surface area contributed by atoms with Crippen molar-refractivity contribution in [2.75, 3.05) is 0 Å². The molecule has 2 aromatic carbocycles. The molecule has 0 bridgehead atoms. The van der Waals surface area contributed by atoms with Crippen molar-refractivity contribution in [3.05, 3.63) is 81.4 Å². The minimum atomic E-state index is -1.78. The van der Waals surface area contributed by atoms with E-state index in [0.717, 1.165) is 11.1 Å². The number of allylic oxidation sites excluding steroid dienone is 1. The predicted octanol–water partition coefficient (Wildman–Crippen LogP) is 2.92. The molecule has 5 atom stereocenters. The first-order valence-electron chi connectivity index (χ1n) is 15.6. The first-order chi connectivity index (χ1) is 22.0. The average molecular weight is 693 g/mol. The van der Waals surface area contributed by atoms with Crippen LogP contribution in [-0.4, -0.2) is 78.3 Å². The van der Waals surface area contributed by atoms with Gasteiger partial charge < -0.3 is 46.9 Å². The van der Waals surface area contributed by atoms with Gasteiger partial charge in [-0.25, -0.2) is 4.79 Å². The number of halogens is 2. The Labute approximate surface area is 285 Å². The molecule has 1 fully saturated rings. The van der Waals surface area contributed by atoms with Crippen LogP contribution in [0, 0.1) is 11.8 Å². The second kappa shape index (κ2) is 16.8. The molecule has 0 saturated heterocycles. The zero-order valence-corrected chi connectivity index (χ0v) is 27.7. The van der Waals surface area contributed by atoms with Gasteiger partial charge in [0.2, 0.25) is 0 Å². The fraction of sp³-hybridized carbons (Fsp3) is 0.500. The van der Waals surface area contributed by atoms with Crippen LogP contribution < -0.4 is 11.5 Å². The highest BCUT2D eigenvalue weighted by Gasteiger charge is 2.56. The molecule has 4 rings (SSSR count). The number of carboxylic acids is 2. The van der Waals surface area contributed by atoms with Crippen LogP contribution in [0.4, 0.5) is 0 Å². The molecule has 2 aliphatic rings. The van der Waals surface area contributed by atoms with Crippen molar-refractivity contribution in [1.82, 2.24) is 0 Å². The van der Waals surface area contributed by atoms with Crippen LogP contribution in [-0.2, 0) is 22.4 Å². The summed E-state index contributed by atoms with van der Waals surface area (Å²) in [7, 11) is -2.79. The van der Waals surface area contributed by atoms with E-state index in [0.29, 0.717) is 54.1 Å². The third-order valence-corrected chi connectivity index (χ3v) is 9.94. The third-order valence-electron chi connectivity index (χ3n) is 9.44. The van der Waals surface area contributed by atoms with Gasteiger partial charge in [-0.15, -0.1) is 0 Å². The minimum Gasteiger partial charge on any atom is -0.480 e. The quantitative estimate of drug-likeness (QED) is 0.116. The van der Waals surface area contributed by atoms with E-state index >= 15 is 0 Å². The molecule has 5 unspecified atom stereocenters. The maximum absolute atomic E-state index is 11.8. The predicted molar refractivity (Wildman–Crippen MR) is 182 cm³/mol. The minimum absolute atomic E-state index is 0.0341. The first-order valence-corrected chi connectivity index (χ1v) is 16.4. The molecular weight excluding hydrogens is 649 g/mol. The van der Waals surface area contributed by atoms with Crippen molar-refractivity contribution in [2.24, 2.45) is 23.3 Å². The lowest BCUT2D eigenvalue weighted by Gasteiger charge is -2.48. The lowest BCUT2D eigenvalue weighted by molar-refractivity contribution is -0.163. The summed E-state index contributed by atoms with van der Waals surface area (Å²) < 4.78 is 0. The topological polar surface area (TPSA) is 228 Å². The molecule has 2 aromatic rings. The summed E-state index contributed by atoms with van der Waals surface area (Å²) in [6.07, 6.45) is 5.79. The largest absolute Gasteiger partial charge is 0.480 e. The van der Waals surface area contributed by atoms with Crippen molar-refractivity contribution in [3.8, 4) is 0 Å². The zero-order chi connectivity index (χ0) is 35.0. The molecule has 15 heteroatoms. The summed E-state index contributed by atoms with van der Waals surface area (Å²) in [5.41, 5.74) is 10.0. The van der Waals surface area contributed by atoms with Gasteiger partial charge >= 0.3 is 26.2 Å². The molecule has 0 aromatic heterocycles. The molecule has 0 amide bonds. The fourth-order valence-corrected chi connectivity index (χ4v) is 6.81. The molecule has 0 radical (unpaired) electrons. The van der Waals surface area contributed by atoms with Crippen LogP contribution in [0.2, 0.25) is 22.7 Å². The Morgan fingerprint density at radius 2 is 1.30 bits per heavy atom. The molecule has 1 saturated carbocycles. The molecule has 0 heterocycles. The van der Waals surface area contributed by atoms with Crippen molar-refractivity contribution in [2.45, 2.75) is 87.1 Å². The molecule has 256 valence electrons. The standard InChI is InChI=1S/C16H23BClNO5.C16H21BClNO4/c18-13-3-1-11(2-4-13)9-15(22)7-5-12(6-8-17(23)24)10-16(15,19)14(20)21;18-14-5-2-11(3-6-14)9-13-4-1-12(7-8-17(22)23)10-16(13,19)15(20)21/h1-4,12,22-24H,5-10,19H2,(H,20,21);2-6,12,22-23H,1,7-10,19H2,(H,20,21). The maximum atomic E-state index is 11.8. The summed E-state index contributed by atoms with van der Waals surface area (Å²) in [5.74, 6) is -2.33. The molecule has 0 spiro atoms. The fourth-order valence-electron chi connectivity index (χ4n) is 6.56. The van der Waals surface area contributed by atoms with E-state index in [-0.39, 0.29) is 43.7 Å². The van der Waals surface area contributed by atoms with Crippen molar-refractivity contribution in [1.29, 1.82) is 0 Å². The smallest absolute Gasteiger partial charge is 0.451 e. The Bertz CT molecular complexity index is 1380. The van der Waals surface area contributed by atoms with Gasteiger partial charge in [0.25, 0.3) is 0 Å². The van der Waals surface area contributed by atoms with E-state index in [1.54, 1.807) is 36.4 Å². The highest BCUT2D eigenvalue weighted by atomic mass is 35.5. The Kier molecular flexibility index (Phi) is 13.9. The Morgan fingerprint density at radius 1 is 0.787 bits per heavy atom. The Hall–Kier alpha value is -2.45. The number of rotatable bonds is 12. The van der Waals surface area contributed by atoms with Crippen molar-refractivity contribution in [3.63, 3.8) is 0 Å². The van der Waals surface area contributed by atoms with E-state index in [1.807, 2.05) is 18.2 Å². The molecule has 47 heavy (non-hydrogen) atoms. The molecular formula is C32H44B2Cl2N2O9. The van der Waals surface area contributed by atoms with Crippen LogP contribution in [0.1, 0.15) is 56.1 Å². The molecule has 2 aliphatic carbocycles. The summed E-state index contributed by atoms with van der Waals surface area (Å²) in [6.45, 7) is 0. The number of carboxylic acid groups (broad SMARTS) is 2. The van der Waals surface area contributed by atoms with Gasteiger partial charge in [-0.05, 0) is 104 Å². The van der Waals surface area contributed by atoms with Gasteiger partial charge in [-0.3, -0.25) is 4.79 Å². The van der Waals surface area contributed by atoms with Gasteiger partial charge in [0.05, 0.1) is 5.60 Å². The summed E-state index contributed by atoms with van der Waals surface area (Å²) in [5, 5.41) is 67.4. The van der Waals surface area contributed by atoms with Gasteiger partial charge in [-0.1, -0.05) is 66.4 Å². The molecule has 11 N–H and O–H groups in total. The summed E-state index contributed by atoms with van der Waals surface area (Å²) in [4.78, 5) is 23.5. The number of carbonyl (C=O) groups is 2. The van der Waals surface area contributed by atoms with E-state index in [9.17, 15) is 24.9 Å². The SMILES string of the molecule is NC1(C(=O)O)CC(CCB(O)O)CC=C1Cc1ccc(Cl)cc1.NC1(C(=O)O)CC(CCB(O)O)CCC1(O)Cc1ccc(Cl)cc1.